The number of thiophene rings is 1. The first-order valence-electron chi connectivity index (χ1n) is 7.13. The van der Waals surface area contributed by atoms with Crippen LogP contribution >= 0.6 is 11.3 Å². The maximum atomic E-state index is 9.60. The molecule has 0 radical (unpaired) electrons. The van der Waals surface area contributed by atoms with E-state index >= 15 is 0 Å². The largest absolute Gasteiger partial charge is 0.396 e. The van der Waals surface area contributed by atoms with Crippen molar-refractivity contribution < 1.29 is 5.11 Å². The van der Waals surface area contributed by atoms with E-state index in [1.807, 2.05) is 6.20 Å². The van der Waals surface area contributed by atoms with Crippen LogP contribution in [0.5, 0.6) is 0 Å². The molecule has 20 heavy (non-hydrogen) atoms. The van der Waals surface area contributed by atoms with Crippen LogP contribution < -0.4 is 5.32 Å². The number of nitrogens with zero attached hydrogens (tertiary/aromatic N) is 1. The van der Waals surface area contributed by atoms with Gasteiger partial charge in [0.25, 0.3) is 0 Å². The van der Waals surface area contributed by atoms with Gasteiger partial charge in [-0.25, -0.2) is 0 Å². The van der Waals surface area contributed by atoms with Crippen LogP contribution in [-0.4, -0.2) is 28.0 Å². The van der Waals surface area contributed by atoms with Crippen molar-refractivity contribution in [3.05, 3.63) is 29.3 Å². The molecule has 3 N–H and O–H groups in total. The summed E-state index contributed by atoms with van der Waals surface area (Å²) < 4.78 is 0. The third-order valence-electron chi connectivity index (χ3n) is 4.47. The average Bonchev–Trinajstić information content (AvgIpc) is 3.17. The summed E-state index contributed by atoms with van der Waals surface area (Å²) in [5, 5.41) is 22.6. The zero-order valence-corrected chi connectivity index (χ0v) is 12.5. The van der Waals surface area contributed by atoms with Crippen LogP contribution in [0.1, 0.15) is 31.7 Å². The Morgan fingerprint density at radius 1 is 1.60 bits per heavy atom. The molecule has 0 spiro atoms. The molecule has 108 valence electrons. The molecular formula is C15H21N3OS. The summed E-state index contributed by atoms with van der Waals surface area (Å²) in [6, 6.07) is 4.55. The average molecular weight is 291 g/mol. The highest BCUT2D eigenvalue weighted by Crippen LogP contribution is 2.37. The number of hydrogen-bond acceptors (Lipinski definition) is 4. The van der Waals surface area contributed by atoms with Gasteiger partial charge in [-0.15, -0.1) is 11.3 Å². The predicted molar refractivity (Wildman–Crippen MR) is 81.6 cm³/mol. The monoisotopic (exact) mass is 291 g/mol. The van der Waals surface area contributed by atoms with Crippen molar-refractivity contribution in [2.24, 2.45) is 5.41 Å². The highest BCUT2D eigenvalue weighted by molar-refractivity contribution is 7.13. The molecule has 0 bridgehead atoms. The van der Waals surface area contributed by atoms with Gasteiger partial charge in [0.1, 0.15) is 0 Å². The van der Waals surface area contributed by atoms with Crippen LogP contribution in [0.15, 0.2) is 23.7 Å². The van der Waals surface area contributed by atoms with Crippen LogP contribution in [0.25, 0.3) is 10.6 Å². The van der Waals surface area contributed by atoms with E-state index in [9.17, 15) is 5.11 Å². The van der Waals surface area contributed by atoms with Gasteiger partial charge in [0.05, 0.1) is 16.8 Å². The van der Waals surface area contributed by atoms with Gasteiger partial charge in [0.2, 0.25) is 0 Å². The van der Waals surface area contributed by atoms with Gasteiger partial charge in [0, 0.05) is 30.2 Å². The van der Waals surface area contributed by atoms with Gasteiger partial charge >= 0.3 is 0 Å². The SMILES string of the molecule is CC1(CO)CCCC1NCc1cn[nH]c1-c1cccs1. The fraction of sp³-hybridized carbons (Fsp3) is 0.533. The van der Waals surface area contributed by atoms with E-state index in [0.29, 0.717) is 6.04 Å². The molecule has 5 heteroatoms. The fourth-order valence-electron chi connectivity index (χ4n) is 3.08. The molecule has 2 aromatic heterocycles. The van der Waals surface area contributed by atoms with Gasteiger partial charge in [0.15, 0.2) is 0 Å². The maximum Gasteiger partial charge on any atom is 0.0794 e. The van der Waals surface area contributed by atoms with Crippen molar-refractivity contribution in [1.82, 2.24) is 15.5 Å². The van der Waals surface area contributed by atoms with E-state index in [2.05, 4.69) is 40.0 Å². The molecule has 0 aliphatic heterocycles. The molecule has 2 atom stereocenters. The van der Waals surface area contributed by atoms with Crippen LogP contribution in [0.2, 0.25) is 0 Å². The standard InChI is InChI=1S/C15H21N3OS/c1-15(10-19)6-2-5-13(15)16-8-11-9-17-18-14(11)12-4-3-7-20-12/h3-4,7,9,13,16,19H,2,5-6,8,10H2,1H3,(H,17,18). The molecule has 1 aliphatic rings. The Bertz CT molecular complexity index is 551. The molecule has 1 saturated carbocycles. The van der Waals surface area contributed by atoms with Gasteiger partial charge in [-0.1, -0.05) is 19.4 Å². The number of nitrogens with one attached hydrogen (secondary N) is 2. The molecule has 1 aliphatic carbocycles. The van der Waals surface area contributed by atoms with E-state index in [1.165, 1.54) is 16.9 Å². The molecule has 3 rings (SSSR count). The van der Waals surface area contributed by atoms with Crippen LogP contribution in [-0.2, 0) is 6.54 Å². The Hall–Kier alpha value is -1.17. The van der Waals surface area contributed by atoms with Crippen molar-refractivity contribution in [3.8, 4) is 10.6 Å². The predicted octanol–water partition coefficient (Wildman–Crippen LogP) is 2.78. The zero-order valence-electron chi connectivity index (χ0n) is 11.7. The van der Waals surface area contributed by atoms with E-state index in [1.54, 1.807) is 11.3 Å². The topological polar surface area (TPSA) is 60.9 Å². The summed E-state index contributed by atoms with van der Waals surface area (Å²) in [5.41, 5.74) is 2.32. The van der Waals surface area contributed by atoms with Gasteiger partial charge < -0.3 is 10.4 Å². The summed E-state index contributed by atoms with van der Waals surface area (Å²) >= 11 is 1.72. The molecule has 1 fully saturated rings. The molecule has 2 aromatic rings. The van der Waals surface area contributed by atoms with Crippen LogP contribution in [0.3, 0.4) is 0 Å². The maximum absolute atomic E-state index is 9.60. The lowest BCUT2D eigenvalue weighted by Crippen LogP contribution is -2.41. The summed E-state index contributed by atoms with van der Waals surface area (Å²) in [5.74, 6) is 0. The van der Waals surface area contributed by atoms with E-state index in [0.717, 1.165) is 25.1 Å². The Labute approximate surface area is 123 Å². The van der Waals surface area contributed by atoms with Gasteiger partial charge in [-0.2, -0.15) is 5.10 Å². The third-order valence-corrected chi connectivity index (χ3v) is 5.35. The van der Waals surface area contributed by atoms with Crippen LogP contribution in [0.4, 0.5) is 0 Å². The van der Waals surface area contributed by atoms with Crippen molar-refractivity contribution >= 4 is 11.3 Å². The molecule has 2 heterocycles. The summed E-state index contributed by atoms with van der Waals surface area (Å²) in [7, 11) is 0. The lowest BCUT2D eigenvalue weighted by Gasteiger charge is -2.30. The second-order valence-electron chi connectivity index (χ2n) is 5.89. The summed E-state index contributed by atoms with van der Waals surface area (Å²) in [6.45, 7) is 3.23. The number of H-pyrrole nitrogens is 1. The number of aliphatic hydroxyl groups is 1. The minimum Gasteiger partial charge on any atom is -0.396 e. The number of hydrogen-bond donors (Lipinski definition) is 3. The highest BCUT2D eigenvalue weighted by Gasteiger charge is 2.37. The highest BCUT2D eigenvalue weighted by atomic mass is 32.1. The normalized spacial score (nSPS) is 26.2. The molecular weight excluding hydrogens is 270 g/mol. The quantitative estimate of drug-likeness (QED) is 0.794. The number of aromatic nitrogens is 2. The second-order valence-corrected chi connectivity index (χ2v) is 6.83. The minimum absolute atomic E-state index is 0.0207. The molecule has 4 nitrogen and oxygen atoms in total. The number of aliphatic hydroxyl groups excluding tert-OH is 1. The van der Waals surface area contributed by atoms with Crippen molar-refractivity contribution in [2.75, 3.05) is 6.61 Å². The Morgan fingerprint density at radius 3 is 3.25 bits per heavy atom. The minimum atomic E-state index is 0.0207. The first-order valence-corrected chi connectivity index (χ1v) is 8.01. The molecule has 0 amide bonds. The number of aromatic amines is 1. The lowest BCUT2D eigenvalue weighted by molar-refractivity contribution is 0.118. The Morgan fingerprint density at radius 2 is 2.50 bits per heavy atom. The summed E-state index contributed by atoms with van der Waals surface area (Å²) in [6.07, 6.45) is 5.33. The molecule has 0 aromatic carbocycles. The van der Waals surface area contributed by atoms with Crippen molar-refractivity contribution in [3.63, 3.8) is 0 Å². The molecule has 2 unspecified atom stereocenters. The zero-order chi connectivity index (χ0) is 14.0. The first kappa shape index (κ1) is 13.8. The lowest BCUT2D eigenvalue weighted by atomic mass is 9.86. The Balaban J connectivity index is 1.69. The van der Waals surface area contributed by atoms with Crippen LogP contribution in [0, 0.1) is 5.41 Å². The smallest absolute Gasteiger partial charge is 0.0794 e. The van der Waals surface area contributed by atoms with Gasteiger partial charge in [-0.3, -0.25) is 5.10 Å². The van der Waals surface area contributed by atoms with E-state index in [4.69, 9.17) is 0 Å². The van der Waals surface area contributed by atoms with E-state index in [-0.39, 0.29) is 12.0 Å². The first-order chi connectivity index (χ1) is 9.73. The third kappa shape index (κ3) is 2.53. The Kier molecular flexibility index (Phi) is 3.92. The fourth-order valence-corrected chi connectivity index (χ4v) is 3.84. The summed E-state index contributed by atoms with van der Waals surface area (Å²) in [4.78, 5) is 1.22. The van der Waals surface area contributed by atoms with Crippen molar-refractivity contribution in [2.45, 2.75) is 38.8 Å². The van der Waals surface area contributed by atoms with Gasteiger partial charge in [-0.05, 0) is 24.3 Å². The number of rotatable bonds is 5. The second kappa shape index (κ2) is 5.68. The van der Waals surface area contributed by atoms with Crippen molar-refractivity contribution in [1.29, 1.82) is 0 Å². The molecule has 0 saturated heterocycles. The van der Waals surface area contributed by atoms with E-state index < -0.39 is 0 Å².